The fraction of sp³-hybridized carbons (Fsp3) is 0.529. The summed E-state index contributed by atoms with van der Waals surface area (Å²) in [6.07, 6.45) is 3.53. The Morgan fingerprint density at radius 1 is 1.36 bits per heavy atom. The molecule has 1 aromatic carbocycles. The molecule has 2 aliphatic rings. The molecular formula is C17H23N3O2. The first-order valence-corrected chi connectivity index (χ1v) is 8.08. The van der Waals surface area contributed by atoms with E-state index in [1.807, 2.05) is 19.1 Å². The first-order valence-electron chi connectivity index (χ1n) is 8.08. The van der Waals surface area contributed by atoms with Gasteiger partial charge in [0.2, 0.25) is 11.8 Å². The first-order chi connectivity index (χ1) is 10.6. The Labute approximate surface area is 131 Å². The van der Waals surface area contributed by atoms with Crippen LogP contribution in [0.5, 0.6) is 0 Å². The smallest absolute Gasteiger partial charge is 0.243 e. The monoisotopic (exact) mass is 301 g/mol. The second kappa shape index (κ2) is 6.38. The summed E-state index contributed by atoms with van der Waals surface area (Å²) in [5, 5.41) is 5.71. The van der Waals surface area contributed by atoms with Crippen molar-refractivity contribution in [1.29, 1.82) is 0 Å². The fourth-order valence-corrected chi connectivity index (χ4v) is 3.17. The molecule has 22 heavy (non-hydrogen) atoms. The molecule has 0 unspecified atom stereocenters. The minimum absolute atomic E-state index is 0.0381. The molecule has 1 aromatic rings. The Morgan fingerprint density at radius 3 is 2.82 bits per heavy atom. The van der Waals surface area contributed by atoms with Crippen molar-refractivity contribution < 1.29 is 9.59 Å². The fourth-order valence-electron chi connectivity index (χ4n) is 3.17. The van der Waals surface area contributed by atoms with Crippen molar-refractivity contribution in [2.75, 3.05) is 18.0 Å². The maximum absolute atomic E-state index is 12.2. The van der Waals surface area contributed by atoms with Crippen molar-refractivity contribution in [2.24, 2.45) is 0 Å². The number of carbonyl (C=O) groups excluding carboxylic acids is 2. The van der Waals surface area contributed by atoms with Crippen LogP contribution in [-0.2, 0) is 9.59 Å². The molecule has 0 aromatic heterocycles. The molecule has 5 nitrogen and oxygen atoms in total. The molecule has 2 fully saturated rings. The van der Waals surface area contributed by atoms with Gasteiger partial charge in [0.15, 0.2) is 0 Å². The average molecular weight is 301 g/mol. The van der Waals surface area contributed by atoms with Gasteiger partial charge in [0.25, 0.3) is 0 Å². The SMILES string of the molecule is C[C@H](NC(=O)[C@H]1CCC(=O)N1)c1cccc(N2CCCC2)c1. The van der Waals surface area contributed by atoms with Gasteiger partial charge in [-0.05, 0) is 43.9 Å². The Kier molecular flexibility index (Phi) is 4.32. The summed E-state index contributed by atoms with van der Waals surface area (Å²) < 4.78 is 0. The zero-order valence-electron chi connectivity index (χ0n) is 13.0. The average Bonchev–Trinajstić information content (AvgIpc) is 3.18. The van der Waals surface area contributed by atoms with Crippen LogP contribution in [0, 0.1) is 0 Å². The van der Waals surface area contributed by atoms with E-state index in [4.69, 9.17) is 0 Å². The lowest BCUT2D eigenvalue weighted by Gasteiger charge is -2.21. The summed E-state index contributed by atoms with van der Waals surface area (Å²) in [6.45, 7) is 4.20. The van der Waals surface area contributed by atoms with Crippen LogP contribution in [0.2, 0.25) is 0 Å². The Balaban J connectivity index is 1.64. The van der Waals surface area contributed by atoms with Gasteiger partial charge in [0, 0.05) is 25.2 Å². The van der Waals surface area contributed by atoms with Crippen molar-refractivity contribution in [2.45, 2.75) is 44.7 Å². The van der Waals surface area contributed by atoms with E-state index in [0.29, 0.717) is 12.8 Å². The summed E-state index contributed by atoms with van der Waals surface area (Å²) >= 11 is 0. The lowest BCUT2D eigenvalue weighted by atomic mass is 10.1. The third-order valence-corrected chi connectivity index (χ3v) is 4.51. The number of amides is 2. The summed E-state index contributed by atoms with van der Waals surface area (Å²) in [5.41, 5.74) is 2.33. The van der Waals surface area contributed by atoms with Crippen molar-refractivity contribution in [1.82, 2.24) is 10.6 Å². The van der Waals surface area contributed by atoms with E-state index in [9.17, 15) is 9.59 Å². The predicted octanol–water partition coefficient (Wildman–Crippen LogP) is 1.74. The summed E-state index contributed by atoms with van der Waals surface area (Å²) in [6, 6.07) is 7.93. The zero-order chi connectivity index (χ0) is 15.5. The summed E-state index contributed by atoms with van der Waals surface area (Å²) in [5.74, 6) is -0.131. The number of anilines is 1. The Hall–Kier alpha value is -2.04. The largest absolute Gasteiger partial charge is 0.372 e. The van der Waals surface area contributed by atoms with E-state index < -0.39 is 0 Å². The van der Waals surface area contributed by atoms with E-state index >= 15 is 0 Å². The molecule has 0 spiro atoms. The zero-order valence-corrected chi connectivity index (χ0v) is 13.0. The highest BCUT2D eigenvalue weighted by atomic mass is 16.2. The van der Waals surface area contributed by atoms with Crippen molar-refractivity contribution in [3.8, 4) is 0 Å². The minimum atomic E-state index is -0.378. The molecule has 2 saturated heterocycles. The topological polar surface area (TPSA) is 61.4 Å². The molecule has 0 bridgehead atoms. The lowest BCUT2D eigenvalue weighted by molar-refractivity contribution is -0.126. The van der Waals surface area contributed by atoms with Crippen LogP contribution < -0.4 is 15.5 Å². The minimum Gasteiger partial charge on any atom is -0.372 e. The number of nitrogens with one attached hydrogen (secondary N) is 2. The van der Waals surface area contributed by atoms with Crippen molar-refractivity contribution in [3.63, 3.8) is 0 Å². The van der Waals surface area contributed by atoms with Crippen LogP contribution in [0.3, 0.4) is 0 Å². The van der Waals surface area contributed by atoms with Gasteiger partial charge < -0.3 is 15.5 Å². The van der Waals surface area contributed by atoms with Gasteiger partial charge in [-0.2, -0.15) is 0 Å². The molecule has 2 N–H and O–H groups in total. The Morgan fingerprint density at radius 2 is 2.14 bits per heavy atom. The quantitative estimate of drug-likeness (QED) is 0.890. The maximum atomic E-state index is 12.2. The first kappa shape index (κ1) is 14.9. The second-order valence-electron chi connectivity index (χ2n) is 6.18. The van der Waals surface area contributed by atoms with Crippen molar-refractivity contribution in [3.05, 3.63) is 29.8 Å². The number of benzene rings is 1. The molecular weight excluding hydrogens is 278 g/mol. The van der Waals surface area contributed by atoms with Crippen molar-refractivity contribution >= 4 is 17.5 Å². The van der Waals surface area contributed by atoms with Crippen LogP contribution in [0.15, 0.2) is 24.3 Å². The van der Waals surface area contributed by atoms with E-state index in [-0.39, 0.29) is 23.9 Å². The molecule has 0 saturated carbocycles. The second-order valence-corrected chi connectivity index (χ2v) is 6.18. The third-order valence-electron chi connectivity index (χ3n) is 4.51. The number of hydrogen-bond donors (Lipinski definition) is 2. The number of hydrogen-bond acceptors (Lipinski definition) is 3. The molecule has 0 radical (unpaired) electrons. The standard InChI is InChI=1S/C17H23N3O2/c1-12(18-17(22)15-7-8-16(21)19-15)13-5-4-6-14(11-13)20-9-2-3-10-20/h4-6,11-12,15H,2-3,7-10H2,1H3,(H,18,22)(H,19,21)/t12-,15+/m0/s1. The normalized spacial score (nSPS) is 22.5. The maximum Gasteiger partial charge on any atom is 0.243 e. The summed E-state index contributed by atoms with van der Waals surface area (Å²) in [7, 11) is 0. The molecule has 2 aliphatic heterocycles. The van der Waals surface area contributed by atoms with Gasteiger partial charge in [-0.15, -0.1) is 0 Å². The van der Waals surface area contributed by atoms with Gasteiger partial charge >= 0.3 is 0 Å². The molecule has 2 atom stereocenters. The molecule has 3 rings (SSSR count). The van der Waals surface area contributed by atoms with Crippen LogP contribution in [0.1, 0.15) is 44.2 Å². The number of rotatable bonds is 4. The molecule has 5 heteroatoms. The molecule has 2 heterocycles. The van der Waals surface area contributed by atoms with Gasteiger partial charge in [0.05, 0.1) is 6.04 Å². The number of carbonyl (C=O) groups is 2. The molecule has 118 valence electrons. The van der Waals surface area contributed by atoms with Gasteiger partial charge in [-0.25, -0.2) is 0 Å². The van der Waals surface area contributed by atoms with E-state index in [1.54, 1.807) is 0 Å². The highest BCUT2D eigenvalue weighted by molar-refractivity contribution is 5.90. The lowest BCUT2D eigenvalue weighted by Crippen LogP contribution is -2.42. The third kappa shape index (κ3) is 3.24. The van der Waals surface area contributed by atoms with Gasteiger partial charge in [-0.1, -0.05) is 12.1 Å². The van der Waals surface area contributed by atoms with E-state index in [2.05, 4.69) is 27.7 Å². The highest BCUT2D eigenvalue weighted by Gasteiger charge is 2.28. The number of nitrogens with zero attached hydrogens (tertiary/aromatic N) is 1. The predicted molar refractivity (Wildman–Crippen MR) is 85.6 cm³/mol. The Bertz CT molecular complexity index is 567. The van der Waals surface area contributed by atoms with Gasteiger partial charge in [-0.3, -0.25) is 9.59 Å². The highest BCUT2D eigenvalue weighted by Crippen LogP contribution is 2.24. The van der Waals surface area contributed by atoms with Crippen LogP contribution in [-0.4, -0.2) is 30.9 Å². The molecule has 2 amide bonds. The van der Waals surface area contributed by atoms with E-state index in [1.165, 1.54) is 18.5 Å². The van der Waals surface area contributed by atoms with Crippen LogP contribution >= 0.6 is 0 Å². The van der Waals surface area contributed by atoms with E-state index in [0.717, 1.165) is 18.7 Å². The van der Waals surface area contributed by atoms with Crippen LogP contribution in [0.4, 0.5) is 5.69 Å². The van der Waals surface area contributed by atoms with Gasteiger partial charge in [0.1, 0.15) is 6.04 Å². The molecule has 0 aliphatic carbocycles. The van der Waals surface area contributed by atoms with Crippen LogP contribution in [0.25, 0.3) is 0 Å². The summed E-state index contributed by atoms with van der Waals surface area (Å²) in [4.78, 5) is 25.8.